The molecule has 0 saturated heterocycles. The first-order chi connectivity index (χ1) is 18.2. The predicted molar refractivity (Wildman–Crippen MR) is 163 cm³/mol. The number of benzene rings is 1. The van der Waals surface area contributed by atoms with E-state index in [-0.39, 0.29) is 31.7 Å². The third kappa shape index (κ3) is 10.1. The minimum absolute atomic E-state index is 0. The van der Waals surface area contributed by atoms with Crippen molar-refractivity contribution in [1.82, 2.24) is 0 Å². The van der Waals surface area contributed by atoms with Gasteiger partial charge in [0.15, 0.2) is 0 Å². The molecule has 5 rings (SSSR count). The van der Waals surface area contributed by atoms with E-state index < -0.39 is 0 Å². The molecule has 210 valence electrons. The van der Waals surface area contributed by atoms with Crippen LogP contribution in [0.4, 0.5) is 5.69 Å². The van der Waals surface area contributed by atoms with Crippen molar-refractivity contribution in [3.8, 4) is 0 Å². The molecule has 1 nitrogen and oxygen atoms in total. The summed E-state index contributed by atoms with van der Waals surface area (Å²) < 4.78 is 0. The second kappa shape index (κ2) is 19.5. The first-order valence-electron chi connectivity index (χ1n) is 16.4. The van der Waals surface area contributed by atoms with Gasteiger partial charge >= 0.3 is 26.2 Å². The molecule has 0 bridgehead atoms. The molecule has 38 heavy (non-hydrogen) atoms. The Kier molecular flexibility index (Phi) is 17.2. The van der Waals surface area contributed by atoms with E-state index in [0.717, 1.165) is 24.4 Å². The van der Waals surface area contributed by atoms with E-state index in [2.05, 4.69) is 57.2 Å². The second-order valence-electron chi connectivity index (χ2n) is 11.9. The van der Waals surface area contributed by atoms with Gasteiger partial charge in [-0.3, -0.25) is 5.57 Å². The van der Waals surface area contributed by atoms with Gasteiger partial charge in [-0.25, -0.2) is 0 Å². The number of unbranched alkanes of at least 4 members (excludes halogenated alkanes) is 2. The van der Waals surface area contributed by atoms with E-state index in [0.29, 0.717) is 0 Å². The molecule has 0 N–H and O–H groups in total. The van der Waals surface area contributed by atoms with Crippen LogP contribution in [0.25, 0.3) is 5.32 Å². The van der Waals surface area contributed by atoms with Gasteiger partial charge in [-0.15, -0.1) is 5.69 Å². The van der Waals surface area contributed by atoms with Crippen molar-refractivity contribution in [1.29, 1.82) is 0 Å². The molecule has 3 saturated carbocycles. The molecule has 1 aromatic carbocycles. The van der Waals surface area contributed by atoms with Crippen LogP contribution in [0.15, 0.2) is 47.1 Å². The Balaban J connectivity index is 0.000000382. The van der Waals surface area contributed by atoms with Crippen molar-refractivity contribution < 1.29 is 26.2 Å². The quantitative estimate of drug-likeness (QED) is 0.189. The minimum Gasteiger partial charge on any atom is -0.674 e. The molecule has 0 radical (unpaired) electrons. The molecular weight excluding hydrogens is 538 g/mol. The van der Waals surface area contributed by atoms with E-state index in [9.17, 15) is 0 Å². The average Bonchev–Trinajstić information content (AvgIpc) is 3.74. The summed E-state index contributed by atoms with van der Waals surface area (Å²) in [6, 6.07) is 10.7. The van der Waals surface area contributed by atoms with Crippen LogP contribution in [0.3, 0.4) is 0 Å². The topological polar surface area (TPSA) is 14.1 Å². The van der Waals surface area contributed by atoms with Gasteiger partial charge in [0.05, 0.1) is 0 Å². The summed E-state index contributed by atoms with van der Waals surface area (Å²) in [7, 11) is 0. The maximum atomic E-state index is 5.52. The molecule has 0 aliphatic heterocycles. The molecule has 0 unspecified atom stereocenters. The van der Waals surface area contributed by atoms with E-state index in [4.69, 9.17) is 5.32 Å². The SMILES string of the molecule is C1CCCC1.C1CCCC1.CCC[C-]=C(CCC)[C@]1([N-]c2ccccc2)C[C@H]2CCCC2=C1CCCC.[Zr+2]. The maximum Gasteiger partial charge on any atom is 2.00 e. The normalized spacial score (nSPS) is 24.2. The Morgan fingerprint density at radius 2 is 1.42 bits per heavy atom. The van der Waals surface area contributed by atoms with E-state index in [1.807, 2.05) is 0 Å². The first-order valence-corrected chi connectivity index (χ1v) is 16.4. The van der Waals surface area contributed by atoms with Crippen LogP contribution in [-0.4, -0.2) is 5.54 Å². The van der Waals surface area contributed by atoms with Gasteiger partial charge in [0.2, 0.25) is 0 Å². The van der Waals surface area contributed by atoms with Crippen molar-refractivity contribution in [2.24, 2.45) is 5.92 Å². The monoisotopic (exact) mass is 593 g/mol. The zero-order chi connectivity index (χ0) is 26.2. The second-order valence-corrected chi connectivity index (χ2v) is 11.9. The maximum absolute atomic E-state index is 5.52. The summed E-state index contributed by atoms with van der Waals surface area (Å²) in [6.07, 6.45) is 32.4. The molecule has 4 aliphatic carbocycles. The van der Waals surface area contributed by atoms with Gasteiger partial charge in [-0.1, -0.05) is 164 Å². The van der Waals surface area contributed by atoms with Crippen LogP contribution in [-0.2, 0) is 26.2 Å². The van der Waals surface area contributed by atoms with E-state index in [1.165, 1.54) is 128 Å². The summed E-state index contributed by atoms with van der Waals surface area (Å²) >= 11 is 0. The number of hydrogen-bond acceptors (Lipinski definition) is 0. The van der Waals surface area contributed by atoms with Crippen LogP contribution in [0, 0.1) is 12.0 Å². The standard InChI is InChI=1S/C26H37N.2C5H10.Zr/c1-4-7-15-22(13-6-3)26(27-23-16-10-9-11-17-23)20-21-14-12-18-24(21)25(26)19-8-5-2;2*1-2-4-5-3-1;/h9-11,16-17,21H,4-8,12-14,18-20H2,1-3H3;2*1-5H2;/q-2;;;+2/t21-,26-;;;/m1.../s1. The van der Waals surface area contributed by atoms with Crippen LogP contribution < -0.4 is 0 Å². The Hall–Kier alpha value is -0.617. The molecule has 0 amide bonds. The van der Waals surface area contributed by atoms with Crippen molar-refractivity contribution in [3.05, 3.63) is 58.4 Å². The van der Waals surface area contributed by atoms with Crippen molar-refractivity contribution in [3.63, 3.8) is 0 Å². The van der Waals surface area contributed by atoms with Gasteiger partial charge in [0, 0.05) is 0 Å². The molecule has 0 aromatic heterocycles. The number of nitrogens with zero attached hydrogens (tertiary/aromatic N) is 1. The molecule has 0 heterocycles. The molecular formula is C36H57NZr. The van der Waals surface area contributed by atoms with E-state index in [1.54, 1.807) is 11.1 Å². The number of hydrogen-bond donors (Lipinski definition) is 0. The third-order valence-electron chi connectivity index (χ3n) is 8.86. The summed E-state index contributed by atoms with van der Waals surface area (Å²) in [6.45, 7) is 6.88. The van der Waals surface area contributed by atoms with Crippen LogP contribution >= 0.6 is 0 Å². The minimum atomic E-state index is -0.109. The van der Waals surface area contributed by atoms with Crippen LogP contribution in [0.1, 0.15) is 156 Å². The van der Waals surface area contributed by atoms with Crippen LogP contribution in [0.5, 0.6) is 0 Å². The third-order valence-corrected chi connectivity index (χ3v) is 8.86. The van der Waals surface area contributed by atoms with Gasteiger partial charge in [0.25, 0.3) is 0 Å². The molecule has 1 aromatic rings. The summed E-state index contributed by atoms with van der Waals surface area (Å²) in [5.74, 6) is 0.764. The molecule has 3 fully saturated rings. The van der Waals surface area contributed by atoms with E-state index >= 15 is 0 Å². The Bertz CT molecular complexity index is 777. The average molecular weight is 595 g/mol. The number of para-hydroxylation sites is 1. The summed E-state index contributed by atoms with van der Waals surface area (Å²) in [5, 5.41) is 5.52. The first kappa shape index (κ1) is 33.6. The largest absolute Gasteiger partial charge is 2.00 e. The molecule has 4 aliphatic rings. The molecule has 0 spiro atoms. The molecule has 2 atom stereocenters. The van der Waals surface area contributed by atoms with Gasteiger partial charge < -0.3 is 11.4 Å². The Labute approximate surface area is 256 Å². The Morgan fingerprint density at radius 1 is 0.816 bits per heavy atom. The zero-order valence-corrected chi connectivity index (χ0v) is 27.7. The smallest absolute Gasteiger partial charge is 0.674 e. The van der Waals surface area contributed by atoms with Crippen molar-refractivity contribution in [2.75, 3.05) is 0 Å². The van der Waals surface area contributed by atoms with Crippen LogP contribution in [0.2, 0.25) is 0 Å². The molecule has 2 heteroatoms. The van der Waals surface area contributed by atoms with Gasteiger partial charge in [-0.05, 0) is 38.0 Å². The van der Waals surface area contributed by atoms with Crippen molar-refractivity contribution >= 4 is 5.69 Å². The van der Waals surface area contributed by atoms with Gasteiger partial charge in [-0.2, -0.15) is 6.42 Å². The Morgan fingerprint density at radius 3 is 1.95 bits per heavy atom. The fraction of sp³-hybridized carbons (Fsp3) is 0.722. The summed E-state index contributed by atoms with van der Waals surface area (Å²) in [5.41, 5.74) is 5.97. The van der Waals surface area contributed by atoms with Gasteiger partial charge in [0.1, 0.15) is 0 Å². The summed E-state index contributed by atoms with van der Waals surface area (Å²) in [4.78, 5) is 0. The zero-order valence-electron chi connectivity index (χ0n) is 25.3. The predicted octanol–water partition coefficient (Wildman–Crippen LogP) is 12.3. The fourth-order valence-electron chi connectivity index (χ4n) is 6.95. The number of rotatable bonds is 10. The fourth-order valence-corrected chi connectivity index (χ4v) is 6.95. The number of allylic oxidation sites excluding steroid dienone is 2. The number of fused-ring (bicyclic) bond motifs is 1. The van der Waals surface area contributed by atoms with Crippen molar-refractivity contribution in [2.45, 2.75) is 161 Å².